The Labute approximate surface area is 91.1 Å². The van der Waals surface area contributed by atoms with Crippen LogP contribution in [-0.4, -0.2) is 9.72 Å². The fourth-order valence-corrected chi connectivity index (χ4v) is 1.79. The molecule has 0 aliphatic heterocycles. The van der Waals surface area contributed by atoms with E-state index in [4.69, 9.17) is 4.52 Å². The number of hydrogen-bond donors (Lipinski definition) is 1. The maximum atomic E-state index is 11.6. The van der Waals surface area contributed by atoms with Gasteiger partial charge in [-0.05, 0) is 31.2 Å². The molecule has 4 nitrogen and oxygen atoms in total. The summed E-state index contributed by atoms with van der Waals surface area (Å²) in [5.41, 5.74) is 1.64. The van der Waals surface area contributed by atoms with E-state index in [0.717, 1.165) is 16.6 Å². The van der Waals surface area contributed by atoms with Crippen LogP contribution in [0.15, 0.2) is 45.8 Å². The van der Waals surface area contributed by atoms with Crippen LogP contribution >= 0.6 is 0 Å². The number of hydrogen-bond acceptors (Lipinski definition) is 2. The first-order valence-corrected chi connectivity index (χ1v) is 5.01. The second-order valence-electron chi connectivity index (χ2n) is 3.73. The lowest BCUT2D eigenvalue weighted by molar-refractivity contribution is 0.322. The molecule has 0 aliphatic rings. The van der Waals surface area contributed by atoms with Gasteiger partial charge >= 0.3 is 0 Å². The van der Waals surface area contributed by atoms with E-state index in [1.54, 1.807) is 6.92 Å². The van der Waals surface area contributed by atoms with E-state index in [1.807, 2.05) is 30.5 Å². The fraction of sp³-hybridized carbons (Fsp3) is 0.0833. The molecule has 0 fully saturated rings. The largest absolute Gasteiger partial charge is 0.376 e. The summed E-state index contributed by atoms with van der Waals surface area (Å²) in [4.78, 5) is 14.7. The quantitative estimate of drug-likeness (QED) is 0.675. The number of fused-ring (bicyclic) bond motifs is 1. The molecule has 3 rings (SSSR count). The maximum Gasteiger partial charge on any atom is 0.287 e. The summed E-state index contributed by atoms with van der Waals surface area (Å²) in [7, 11) is 0. The normalized spacial score (nSPS) is 11.1. The van der Waals surface area contributed by atoms with Crippen molar-refractivity contribution >= 4 is 10.9 Å². The van der Waals surface area contributed by atoms with Gasteiger partial charge in [0.1, 0.15) is 5.76 Å². The molecule has 0 bridgehead atoms. The van der Waals surface area contributed by atoms with Crippen molar-refractivity contribution in [1.82, 2.24) is 9.72 Å². The number of benzene rings is 1. The Morgan fingerprint density at radius 3 is 2.88 bits per heavy atom. The average molecular weight is 214 g/mol. The van der Waals surface area contributed by atoms with Gasteiger partial charge in [0.05, 0.1) is 5.69 Å². The van der Waals surface area contributed by atoms with Gasteiger partial charge < -0.3 is 9.51 Å². The first-order valence-electron chi connectivity index (χ1n) is 5.01. The summed E-state index contributed by atoms with van der Waals surface area (Å²) < 4.78 is 6.61. The Balaban J connectivity index is 2.25. The number of rotatable bonds is 1. The van der Waals surface area contributed by atoms with Gasteiger partial charge in [-0.25, -0.2) is 0 Å². The first kappa shape index (κ1) is 9.03. The Bertz CT molecular complexity index is 703. The zero-order chi connectivity index (χ0) is 11.1. The molecular formula is C12H10N2O2. The van der Waals surface area contributed by atoms with E-state index in [-0.39, 0.29) is 5.56 Å². The number of nitrogens with zero attached hydrogens (tertiary/aromatic N) is 1. The number of aryl methyl sites for hydroxylation is 1. The number of aromatic nitrogens is 2. The molecule has 0 radical (unpaired) electrons. The molecule has 0 amide bonds. The van der Waals surface area contributed by atoms with Crippen LogP contribution in [0.1, 0.15) is 5.76 Å². The number of aromatic amines is 1. The lowest BCUT2D eigenvalue weighted by Gasteiger charge is -1.99. The molecule has 80 valence electrons. The van der Waals surface area contributed by atoms with Gasteiger partial charge in [0, 0.05) is 23.2 Å². The second kappa shape index (κ2) is 3.13. The highest BCUT2D eigenvalue weighted by Gasteiger charge is 2.05. The Morgan fingerprint density at radius 2 is 2.12 bits per heavy atom. The van der Waals surface area contributed by atoms with Gasteiger partial charge in [-0.3, -0.25) is 4.79 Å². The van der Waals surface area contributed by atoms with Crippen molar-refractivity contribution in [3.63, 3.8) is 0 Å². The molecule has 4 heteroatoms. The van der Waals surface area contributed by atoms with E-state index in [0.29, 0.717) is 5.76 Å². The van der Waals surface area contributed by atoms with Crippen molar-refractivity contribution in [2.75, 3.05) is 0 Å². The molecule has 0 spiro atoms. The van der Waals surface area contributed by atoms with Crippen LogP contribution in [0.5, 0.6) is 0 Å². The van der Waals surface area contributed by atoms with Crippen molar-refractivity contribution in [2.24, 2.45) is 0 Å². The third kappa shape index (κ3) is 1.27. The maximum absolute atomic E-state index is 11.6. The predicted molar refractivity (Wildman–Crippen MR) is 60.9 cm³/mol. The second-order valence-corrected chi connectivity index (χ2v) is 3.73. The highest BCUT2D eigenvalue weighted by molar-refractivity contribution is 5.81. The van der Waals surface area contributed by atoms with Gasteiger partial charge in [-0.1, -0.05) is 0 Å². The molecule has 0 saturated carbocycles. The first-order chi connectivity index (χ1) is 7.74. The SMILES string of the molecule is Cc1cc(=O)n(-c2ccc3[nH]ccc3c2)o1. The Morgan fingerprint density at radius 1 is 1.25 bits per heavy atom. The Kier molecular flexibility index (Phi) is 1.77. The highest BCUT2D eigenvalue weighted by Crippen LogP contribution is 2.16. The molecule has 1 aromatic carbocycles. The summed E-state index contributed by atoms with van der Waals surface area (Å²) in [5.74, 6) is 0.610. The lowest BCUT2D eigenvalue weighted by atomic mass is 10.2. The van der Waals surface area contributed by atoms with Crippen LogP contribution in [0.25, 0.3) is 16.6 Å². The third-order valence-electron chi connectivity index (χ3n) is 2.53. The topological polar surface area (TPSA) is 50.9 Å². The minimum absolute atomic E-state index is 0.146. The van der Waals surface area contributed by atoms with Crippen LogP contribution in [0, 0.1) is 6.92 Å². The predicted octanol–water partition coefficient (Wildman–Crippen LogP) is 2.22. The van der Waals surface area contributed by atoms with Gasteiger partial charge in [-0.15, -0.1) is 4.74 Å². The smallest absolute Gasteiger partial charge is 0.287 e. The van der Waals surface area contributed by atoms with Crippen molar-refractivity contribution in [2.45, 2.75) is 6.92 Å². The fourth-order valence-electron chi connectivity index (χ4n) is 1.79. The van der Waals surface area contributed by atoms with Crippen LogP contribution < -0.4 is 5.56 Å². The van der Waals surface area contributed by atoms with E-state index in [9.17, 15) is 4.79 Å². The minimum Gasteiger partial charge on any atom is -0.376 e. The van der Waals surface area contributed by atoms with E-state index in [2.05, 4.69) is 4.98 Å². The molecule has 0 aliphatic carbocycles. The van der Waals surface area contributed by atoms with Crippen molar-refractivity contribution in [3.05, 3.63) is 52.6 Å². The summed E-state index contributed by atoms with van der Waals surface area (Å²) in [6, 6.07) is 9.12. The van der Waals surface area contributed by atoms with E-state index in [1.165, 1.54) is 10.8 Å². The molecular weight excluding hydrogens is 204 g/mol. The van der Waals surface area contributed by atoms with Crippen molar-refractivity contribution < 1.29 is 4.52 Å². The monoisotopic (exact) mass is 214 g/mol. The van der Waals surface area contributed by atoms with Gasteiger partial charge in [0.15, 0.2) is 0 Å². The van der Waals surface area contributed by atoms with Crippen LogP contribution in [0.3, 0.4) is 0 Å². The van der Waals surface area contributed by atoms with Crippen molar-refractivity contribution in [3.8, 4) is 5.69 Å². The average Bonchev–Trinajstić information content (AvgIpc) is 2.83. The van der Waals surface area contributed by atoms with Gasteiger partial charge in [0.25, 0.3) is 5.56 Å². The minimum atomic E-state index is -0.146. The standard InChI is InChI=1S/C12H10N2O2/c1-8-6-12(15)14(16-8)10-2-3-11-9(7-10)4-5-13-11/h2-7,13H,1H3. The molecule has 3 aromatic rings. The summed E-state index contributed by atoms with van der Waals surface area (Å²) in [6.45, 7) is 1.76. The summed E-state index contributed by atoms with van der Waals surface area (Å²) in [6.07, 6.45) is 1.87. The molecule has 0 unspecified atom stereocenters. The summed E-state index contributed by atoms with van der Waals surface area (Å²) >= 11 is 0. The molecule has 2 aromatic heterocycles. The van der Waals surface area contributed by atoms with Gasteiger partial charge in [-0.2, -0.15) is 0 Å². The van der Waals surface area contributed by atoms with E-state index >= 15 is 0 Å². The molecule has 1 N–H and O–H groups in total. The van der Waals surface area contributed by atoms with Crippen LogP contribution in [0.2, 0.25) is 0 Å². The van der Waals surface area contributed by atoms with Crippen LogP contribution in [-0.2, 0) is 0 Å². The van der Waals surface area contributed by atoms with Crippen LogP contribution in [0.4, 0.5) is 0 Å². The molecule has 16 heavy (non-hydrogen) atoms. The summed E-state index contributed by atoms with van der Waals surface area (Å²) in [5, 5.41) is 1.05. The molecule has 0 atom stereocenters. The van der Waals surface area contributed by atoms with Gasteiger partial charge in [0.2, 0.25) is 0 Å². The number of H-pyrrole nitrogens is 1. The van der Waals surface area contributed by atoms with Crippen molar-refractivity contribution in [1.29, 1.82) is 0 Å². The Hall–Kier alpha value is -2.23. The third-order valence-corrected chi connectivity index (χ3v) is 2.53. The van der Waals surface area contributed by atoms with E-state index < -0.39 is 0 Å². The highest BCUT2D eigenvalue weighted by atomic mass is 16.5. The zero-order valence-corrected chi connectivity index (χ0v) is 8.73. The zero-order valence-electron chi connectivity index (χ0n) is 8.73. The molecule has 0 saturated heterocycles. The molecule has 2 heterocycles. The number of nitrogens with one attached hydrogen (secondary N) is 1. The lowest BCUT2D eigenvalue weighted by Crippen LogP contribution is -2.10.